The molecule has 0 aromatic heterocycles. The molecule has 0 radical (unpaired) electrons. The average Bonchev–Trinajstić information content (AvgIpc) is 2.08. The van der Waals surface area contributed by atoms with E-state index in [1.54, 1.807) is 0 Å². The fourth-order valence-corrected chi connectivity index (χ4v) is 0.984. The maximum atomic E-state index is 10.2. The van der Waals surface area contributed by atoms with Crippen LogP contribution in [0.4, 0.5) is 0 Å². The SMILES string of the molecule is CC1(C)NC(C=O)C=C1O. The van der Waals surface area contributed by atoms with E-state index in [-0.39, 0.29) is 11.8 Å². The molecule has 0 bridgehead atoms. The maximum Gasteiger partial charge on any atom is 0.140 e. The molecule has 0 amide bonds. The number of carbonyl (C=O) groups excluding carboxylic acids is 1. The Morgan fingerprint density at radius 3 is 2.60 bits per heavy atom. The third kappa shape index (κ3) is 1.04. The lowest BCUT2D eigenvalue weighted by Gasteiger charge is -2.19. The van der Waals surface area contributed by atoms with Gasteiger partial charge < -0.3 is 9.90 Å². The summed E-state index contributed by atoms with van der Waals surface area (Å²) in [6, 6.07) is -0.324. The molecule has 0 saturated carbocycles. The van der Waals surface area contributed by atoms with Gasteiger partial charge in [0.25, 0.3) is 0 Å². The first kappa shape index (κ1) is 7.28. The van der Waals surface area contributed by atoms with Gasteiger partial charge in [-0.1, -0.05) is 0 Å². The van der Waals surface area contributed by atoms with Crippen molar-refractivity contribution >= 4 is 6.29 Å². The highest BCUT2D eigenvalue weighted by molar-refractivity contribution is 5.63. The fourth-order valence-electron chi connectivity index (χ4n) is 0.984. The Morgan fingerprint density at radius 1 is 1.80 bits per heavy atom. The lowest BCUT2D eigenvalue weighted by atomic mass is 10.1. The highest BCUT2D eigenvalue weighted by atomic mass is 16.3. The molecule has 2 N–H and O–H groups in total. The molecular weight excluding hydrogens is 130 g/mol. The van der Waals surface area contributed by atoms with Gasteiger partial charge in [-0.3, -0.25) is 5.32 Å². The normalized spacial score (nSPS) is 29.8. The lowest BCUT2D eigenvalue weighted by molar-refractivity contribution is -0.108. The van der Waals surface area contributed by atoms with Crippen molar-refractivity contribution in [1.29, 1.82) is 0 Å². The van der Waals surface area contributed by atoms with Gasteiger partial charge in [0.05, 0.1) is 11.6 Å². The summed E-state index contributed by atoms with van der Waals surface area (Å²) < 4.78 is 0. The first-order valence-electron chi connectivity index (χ1n) is 3.20. The van der Waals surface area contributed by atoms with Crippen LogP contribution in [-0.2, 0) is 4.79 Å². The van der Waals surface area contributed by atoms with Crippen molar-refractivity contribution in [2.45, 2.75) is 25.4 Å². The van der Waals surface area contributed by atoms with E-state index in [0.29, 0.717) is 0 Å². The third-order valence-electron chi connectivity index (χ3n) is 1.65. The number of rotatable bonds is 1. The van der Waals surface area contributed by atoms with Gasteiger partial charge in [-0.05, 0) is 19.9 Å². The molecule has 0 aliphatic carbocycles. The van der Waals surface area contributed by atoms with Crippen molar-refractivity contribution in [1.82, 2.24) is 5.32 Å². The summed E-state index contributed by atoms with van der Waals surface area (Å²) in [5.41, 5.74) is -0.439. The molecule has 1 heterocycles. The minimum atomic E-state index is -0.439. The van der Waals surface area contributed by atoms with Gasteiger partial charge in [-0.2, -0.15) is 0 Å². The average molecular weight is 141 g/mol. The summed E-state index contributed by atoms with van der Waals surface area (Å²) in [5, 5.41) is 12.1. The zero-order valence-corrected chi connectivity index (χ0v) is 6.09. The minimum Gasteiger partial charge on any atom is -0.511 e. The highest BCUT2D eigenvalue weighted by Crippen LogP contribution is 2.19. The van der Waals surface area contributed by atoms with Crippen LogP contribution in [0.15, 0.2) is 11.8 Å². The molecule has 3 nitrogen and oxygen atoms in total. The van der Waals surface area contributed by atoms with Crippen LogP contribution in [0, 0.1) is 0 Å². The summed E-state index contributed by atoms with van der Waals surface area (Å²) in [5.74, 6) is 0.240. The number of aldehydes is 1. The lowest BCUT2D eigenvalue weighted by Crippen LogP contribution is -2.41. The fraction of sp³-hybridized carbons (Fsp3) is 0.571. The molecule has 3 heteroatoms. The second kappa shape index (κ2) is 2.09. The van der Waals surface area contributed by atoms with Crippen molar-refractivity contribution < 1.29 is 9.90 Å². The first-order chi connectivity index (χ1) is 4.56. The van der Waals surface area contributed by atoms with Crippen molar-refractivity contribution in [2.24, 2.45) is 0 Å². The summed E-state index contributed by atoms with van der Waals surface area (Å²) >= 11 is 0. The molecule has 0 saturated heterocycles. The summed E-state index contributed by atoms with van der Waals surface area (Å²) in [6.45, 7) is 3.64. The number of aliphatic hydroxyl groups excluding tert-OH is 1. The van der Waals surface area contributed by atoms with Crippen molar-refractivity contribution in [3.63, 3.8) is 0 Å². The standard InChI is InChI=1S/C7H11NO2/c1-7(2)6(10)3-5(4-9)8-7/h3-5,8,10H,1-2H3. The van der Waals surface area contributed by atoms with E-state index < -0.39 is 5.54 Å². The predicted molar refractivity (Wildman–Crippen MR) is 37.8 cm³/mol. The number of hydrogen-bond donors (Lipinski definition) is 2. The smallest absolute Gasteiger partial charge is 0.140 e. The Hall–Kier alpha value is -0.830. The van der Waals surface area contributed by atoms with E-state index in [1.807, 2.05) is 13.8 Å². The van der Waals surface area contributed by atoms with E-state index in [9.17, 15) is 9.90 Å². The monoisotopic (exact) mass is 141 g/mol. The predicted octanol–water partition coefficient (Wildman–Crippen LogP) is 0.378. The molecule has 0 spiro atoms. The Labute approximate surface area is 59.7 Å². The van der Waals surface area contributed by atoms with E-state index in [0.717, 1.165) is 6.29 Å². The molecule has 56 valence electrons. The topological polar surface area (TPSA) is 49.3 Å². The quantitative estimate of drug-likeness (QED) is 0.519. The van der Waals surface area contributed by atoms with Crippen molar-refractivity contribution in [3.8, 4) is 0 Å². The molecule has 1 rings (SSSR count). The zero-order chi connectivity index (χ0) is 7.78. The molecule has 0 aromatic carbocycles. The van der Waals surface area contributed by atoms with Gasteiger partial charge in [-0.15, -0.1) is 0 Å². The van der Waals surface area contributed by atoms with Gasteiger partial charge in [0.15, 0.2) is 0 Å². The van der Waals surface area contributed by atoms with E-state index >= 15 is 0 Å². The Balaban J connectivity index is 2.77. The zero-order valence-electron chi connectivity index (χ0n) is 6.09. The van der Waals surface area contributed by atoms with Gasteiger partial charge in [0.1, 0.15) is 12.0 Å². The molecule has 0 fully saturated rings. The van der Waals surface area contributed by atoms with Gasteiger partial charge >= 0.3 is 0 Å². The second-order valence-corrected chi connectivity index (χ2v) is 2.98. The number of hydrogen-bond acceptors (Lipinski definition) is 3. The van der Waals surface area contributed by atoms with Crippen molar-refractivity contribution in [3.05, 3.63) is 11.8 Å². The molecule has 10 heavy (non-hydrogen) atoms. The maximum absolute atomic E-state index is 10.2. The highest BCUT2D eigenvalue weighted by Gasteiger charge is 2.31. The van der Waals surface area contributed by atoms with Crippen LogP contribution in [0.1, 0.15) is 13.8 Å². The van der Waals surface area contributed by atoms with Crippen LogP contribution in [0.25, 0.3) is 0 Å². The summed E-state index contributed by atoms with van der Waals surface area (Å²) in [6.07, 6.45) is 2.29. The first-order valence-corrected chi connectivity index (χ1v) is 3.20. The number of nitrogens with one attached hydrogen (secondary N) is 1. The Kier molecular flexibility index (Phi) is 1.52. The Bertz CT molecular complexity index is 184. The summed E-state index contributed by atoms with van der Waals surface area (Å²) in [7, 11) is 0. The third-order valence-corrected chi connectivity index (χ3v) is 1.65. The van der Waals surface area contributed by atoms with Crippen LogP contribution in [-0.4, -0.2) is 23.0 Å². The van der Waals surface area contributed by atoms with Crippen LogP contribution < -0.4 is 5.32 Å². The number of carbonyl (C=O) groups is 1. The van der Waals surface area contributed by atoms with Gasteiger partial charge in [0.2, 0.25) is 0 Å². The molecule has 1 atom stereocenters. The molecule has 1 aliphatic rings. The Morgan fingerprint density at radius 2 is 2.40 bits per heavy atom. The largest absolute Gasteiger partial charge is 0.511 e. The molecule has 1 aliphatic heterocycles. The minimum absolute atomic E-state index is 0.240. The molecule has 1 unspecified atom stereocenters. The van der Waals surface area contributed by atoms with Gasteiger partial charge in [0, 0.05) is 0 Å². The van der Waals surface area contributed by atoms with E-state index in [2.05, 4.69) is 5.32 Å². The molecular formula is C7H11NO2. The van der Waals surface area contributed by atoms with Crippen LogP contribution >= 0.6 is 0 Å². The van der Waals surface area contributed by atoms with Gasteiger partial charge in [-0.25, -0.2) is 0 Å². The van der Waals surface area contributed by atoms with Crippen molar-refractivity contribution in [2.75, 3.05) is 0 Å². The number of aliphatic hydroxyl groups is 1. The van der Waals surface area contributed by atoms with Crippen LogP contribution in [0.2, 0.25) is 0 Å². The second-order valence-electron chi connectivity index (χ2n) is 2.98. The van der Waals surface area contributed by atoms with E-state index in [4.69, 9.17) is 0 Å². The van der Waals surface area contributed by atoms with Crippen LogP contribution in [0.3, 0.4) is 0 Å². The van der Waals surface area contributed by atoms with Crippen LogP contribution in [0.5, 0.6) is 0 Å². The summed E-state index contributed by atoms with van der Waals surface area (Å²) in [4.78, 5) is 10.2. The van der Waals surface area contributed by atoms with E-state index in [1.165, 1.54) is 6.08 Å². The molecule has 0 aromatic rings.